The lowest BCUT2D eigenvalue weighted by Gasteiger charge is -2.19. The fourth-order valence-electron chi connectivity index (χ4n) is 2.34. The van der Waals surface area contributed by atoms with Crippen LogP contribution in [0.4, 0.5) is 4.39 Å². The lowest BCUT2D eigenvalue weighted by atomic mass is 10.1. The molecule has 0 fully saturated rings. The first-order valence-electron chi connectivity index (χ1n) is 7.42. The average molecular weight is 335 g/mol. The fourth-order valence-corrected chi connectivity index (χ4v) is 2.47. The van der Waals surface area contributed by atoms with E-state index in [0.29, 0.717) is 17.1 Å². The lowest BCUT2D eigenvalue weighted by Crippen LogP contribution is -2.36. The normalized spacial score (nSPS) is 12.2. The fraction of sp³-hybridized carbons (Fsp3) is 0.278. The zero-order valence-electron chi connectivity index (χ0n) is 13.2. The summed E-state index contributed by atoms with van der Waals surface area (Å²) in [5.41, 5.74) is 1.56. The molecule has 0 bridgehead atoms. The van der Waals surface area contributed by atoms with Crippen molar-refractivity contribution in [3.05, 3.63) is 70.5 Å². The molecular formula is C18H20ClFN2O. The molecule has 0 heterocycles. The maximum Gasteiger partial charge on any atom is 0.234 e. The van der Waals surface area contributed by atoms with Crippen molar-refractivity contribution >= 4 is 17.5 Å². The number of likely N-dealkylation sites (N-methyl/N-ethyl adjacent to an activating group) is 1. The number of benzene rings is 2. The molecule has 5 heteroatoms. The Labute approximate surface area is 141 Å². The van der Waals surface area contributed by atoms with Crippen LogP contribution in [0.2, 0.25) is 5.02 Å². The standard InChI is InChI=1S/C18H20ClFN2O/c1-13(14-7-9-16(19)10-8-14)21-18(23)12-22(2)11-15-5-3-4-6-17(15)20/h3-10,13H,11-12H2,1-2H3,(H,21,23)/t13-/m1/s1. The van der Waals surface area contributed by atoms with Crippen molar-refractivity contribution in [2.24, 2.45) is 0 Å². The van der Waals surface area contributed by atoms with Gasteiger partial charge in [-0.1, -0.05) is 41.9 Å². The molecule has 1 N–H and O–H groups in total. The van der Waals surface area contributed by atoms with Crippen molar-refractivity contribution in [3.8, 4) is 0 Å². The van der Waals surface area contributed by atoms with Crippen LogP contribution in [0.5, 0.6) is 0 Å². The number of carbonyl (C=O) groups is 1. The third kappa shape index (κ3) is 5.34. The minimum atomic E-state index is -0.255. The minimum Gasteiger partial charge on any atom is -0.348 e. The highest BCUT2D eigenvalue weighted by molar-refractivity contribution is 6.30. The van der Waals surface area contributed by atoms with E-state index in [0.717, 1.165) is 5.56 Å². The van der Waals surface area contributed by atoms with Gasteiger partial charge in [-0.3, -0.25) is 9.69 Å². The number of rotatable bonds is 6. The molecule has 0 aliphatic carbocycles. The molecule has 1 amide bonds. The predicted octanol–water partition coefficient (Wildman–Crippen LogP) is 3.79. The Morgan fingerprint density at radius 2 is 1.87 bits per heavy atom. The second-order valence-corrected chi connectivity index (χ2v) is 6.04. The van der Waals surface area contributed by atoms with Gasteiger partial charge in [-0.05, 0) is 37.7 Å². The third-order valence-electron chi connectivity index (χ3n) is 3.56. The Kier molecular flexibility index (Phi) is 6.13. The molecule has 0 unspecified atom stereocenters. The number of carbonyl (C=O) groups excluding carboxylic acids is 1. The molecule has 0 saturated heterocycles. The van der Waals surface area contributed by atoms with Gasteiger partial charge in [0.1, 0.15) is 5.82 Å². The van der Waals surface area contributed by atoms with Crippen molar-refractivity contribution in [1.82, 2.24) is 10.2 Å². The van der Waals surface area contributed by atoms with Gasteiger partial charge in [-0.25, -0.2) is 4.39 Å². The molecule has 0 aliphatic heterocycles. The first kappa shape index (κ1) is 17.4. The number of hydrogen-bond acceptors (Lipinski definition) is 2. The summed E-state index contributed by atoms with van der Waals surface area (Å²) < 4.78 is 13.6. The quantitative estimate of drug-likeness (QED) is 0.871. The largest absolute Gasteiger partial charge is 0.348 e. The lowest BCUT2D eigenvalue weighted by molar-refractivity contribution is -0.122. The second-order valence-electron chi connectivity index (χ2n) is 5.60. The van der Waals surface area contributed by atoms with Gasteiger partial charge in [0.2, 0.25) is 5.91 Å². The molecule has 0 aliphatic rings. The molecule has 122 valence electrons. The Morgan fingerprint density at radius 3 is 2.52 bits per heavy atom. The Bertz CT molecular complexity index is 660. The third-order valence-corrected chi connectivity index (χ3v) is 3.81. The Balaban J connectivity index is 1.86. The van der Waals surface area contributed by atoms with Gasteiger partial charge in [0, 0.05) is 17.1 Å². The Hall–Kier alpha value is -1.91. The highest BCUT2D eigenvalue weighted by atomic mass is 35.5. The summed E-state index contributed by atoms with van der Waals surface area (Å²) in [5, 5.41) is 3.59. The summed E-state index contributed by atoms with van der Waals surface area (Å²) in [6.45, 7) is 2.50. The monoisotopic (exact) mass is 334 g/mol. The van der Waals surface area contributed by atoms with E-state index < -0.39 is 0 Å². The number of nitrogens with zero attached hydrogens (tertiary/aromatic N) is 1. The van der Waals surface area contributed by atoms with Gasteiger partial charge in [-0.15, -0.1) is 0 Å². The van der Waals surface area contributed by atoms with Crippen molar-refractivity contribution in [1.29, 1.82) is 0 Å². The summed E-state index contributed by atoms with van der Waals surface area (Å²) in [4.78, 5) is 13.9. The molecular weight excluding hydrogens is 315 g/mol. The van der Waals surface area contributed by atoms with Gasteiger partial charge in [-0.2, -0.15) is 0 Å². The van der Waals surface area contributed by atoms with E-state index in [2.05, 4.69) is 5.32 Å². The topological polar surface area (TPSA) is 32.3 Å². The zero-order valence-corrected chi connectivity index (χ0v) is 14.0. The van der Waals surface area contributed by atoms with Crippen molar-refractivity contribution in [2.45, 2.75) is 19.5 Å². The van der Waals surface area contributed by atoms with E-state index in [1.807, 2.05) is 19.1 Å². The summed E-state index contributed by atoms with van der Waals surface area (Å²) in [7, 11) is 1.79. The van der Waals surface area contributed by atoms with Crippen LogP contribution in [0, 0.1) is 5.82 Å². The van der Waals surface area contributed by atoms with Gasteiger partial charge < -0.3 is 5.32 Å². The van der Waals surface area contributed by atoms with Crippen molar-refractivity contribution in [3.63, 3.8) is 0 Å². The molecule has 2 rings (SSSR count). The molecule has 1 atom stereocenters. The smallest absolute Gasteiger partial charge is 0.234 e. The number of nitrogens with one attached hydrogen (secondary N) is 1. The first-order valence-corrected chi connectivity index (χ1v) is 7.80. The van der Waals surface area contributed by atoms with E-state index in [1.165, 1.54) is 6.07 Å². The van der Waals surface area contributed by atoms with Crippen LogP contribution >= 0.6 is 11.6 Å². The highest BCUT2D eigenvalue weighted by Crippen LogP contribution is 2.16. The molecule has 0 spiro atoms. The number of halogens is 2. The summed E-state index contributed by atoms with van der Waals surface area (Å²) in [5.74, 6) is -0.361. The van der Waals surface area contributed by atoms with E-state index >= 15 is 0 Å². The van der Waals surface area contributed by atoms with Crippen LogP contribution in [0.3, 0.4) is 0 Å². The second kappa shape index (κ2) is 8.09. The molecule has 23 heavy (non-hydrogen) atoms. The van der Waals surface area contributed by atoms with Crippen LogP contribution in [0.1, 0.15) is 24.1 Å². The highest BCUT2D eigenvalue weighted by Gasteiger charge is 2.13. The van der Waals surface area contributed by atoms with Gasteiger partial charge in [0.15, 0.2) is 0 Å². The van der Waals surface area contributed by atoms with Crippen LogP contribution in [0.25, 0.3) is 0 Å². The maximum atomic E-state index is 13.6. The molecule has 3 nitrogen and oxygen atoms in total. The minimum absolute atomic E-state index is 0.105. The van der Waals surface area contributed by atoms with Crippen molar-refractivity contribution in [2.75, 3.05) is 13.6 Å². The molecule has 2 aromatic carbocycles. The van der Waals surface area contributed by atoms with Crippen LogP contribution < -0.4 is 5.32 Å². The van der Waals surface area contributed by atoms with Gasteiger partial charge in [0.05, 0.1) is 12.6 Å². The zero-order chi connectivity index (χ0) is 16.8. The van der Waals surface area contributed by atoms with E-state index in [4.69, 9.17) is 11.6 Å². The van der Waals surface area contributed by atoms with Gasteiger partial charge in [0.25, 0.3) is 0 Å². The number of hydrogen-bond donors (Lipinski definition) is 1. The molecule has 0 radical (unpaired) electrons. The Morgan fingerprint density at radius 1 is 1.22 bits per heavy atom. The maximum absolute atomic E-state index is 13.6. The van der Waals surface area contributed by atoms with Crippen LogP contribution in [-0.4, -0.2) is 24.4 Å². The molecule has 0 aromatic heterocycles. The van der Waals surface area contributed by atoms with E-state index in [-0.39, 0.29) is 24.3 Å². The molecule has 2 aromatic rings. The SMILES string of the molecule is C[C@@H](NC(=O)CN(C)Cc1ccccc1F)c1ccc(Cl)cc1. The summed E-state index contributed by atoms with van der Waals surface area (Å²) >= 11 is 5.86. The summed E-state index contributed by atoms with van der Waals surface area (Å²) in [6, 6.07) is 13.8. The predicted molar refractivity (Wildman–Crippen MR) is 90.7 cm³/mol. The average Bonchev–Trinajstić information content (AvgIpc) is 2.50. The van der Waals surface area contributed by atoms with Gasteiger partial charge >= 0.3 is 0 Å². The van der Waals surface area contributed by atoms with Crippen LogP contribution in [0.15, 0.2) is 48.5 Å². The summed E-state index contributed by atoms with van der Waals surface area (Å²) in [6.07, 6.45) is 0. The molecule has 0 saturated carbocycles. The van der Waals surface area contributed by atoms with Crippen molar-refractivity contribution < 1.29 is 9.18 Å². The van der Waals surface area contributed by atoms with E-state index in [1.54, 1.807) is 42.3 Å². The van der Waals surface area contributed by atoms with Crippen LogP contribution in [-0.2, 0) is 11.3 Å². The van der Waals surface area contributed by atoms with E-state index in [9.17, 15) is 9.18 Å². The number of amides is 1. The first-order chi connectivity index (χ1) is 11.0.